The third kappa shape index (κ3) is 3.17. The molecule has 0 amide bonds. The lowest BCUT2D eigenvalue weighted by atomic mass is 10.1. The predicted molar refractivity (Wildman–Crippen MR) is 98.9 cm³/mol. The monoisotopic (exact) mass is 373 g/mol. The zero-order valence-electron chi connectivity index (χ0n) is 14.4. The summed E-state index contributed by atoms with van der Waals surface area (Å²) in [5.74, 6) is -0.888. The van der Waals surface area contributed by atoms with Crippen molar-refractivity contribution in [2.75, 3.05) is 11.4 Å². The molecule has 0 radical (unpaired) electrons. The number of carbonyl (C=O) groups is 1. The molecule has 7 heteroatoms. The molecule has 1 N–H and O–H groups in total. The van der Waals surface area contributed by atoms with Gasteiger partial charge in [-0.1, -0.05) is 24.3 Å². The molecular formula is C19H19NO5S. The smallest absolute Gasteiger partial charge is 0.328 e. The summed E-state index contributed by atoms with van der Waals surface area (Å²) in [5.41, 5.74) is 2.10. The van der Waals surface area contributed by atoms with E-state index in [4.69, 9.17) is 9.84 Å². The highest BCUT2D eigenvalue weighted by atomic mass is 32.2. The number of nitrogens with zero attached hydrogens (tertiary/aromatic N) is 1. The number of fused-ring (bicyclic) bond motifs is 1. The van der Waals surface area contributed by atoms with Gasteiger partial charge in [0, 0.05) is 12.1 Å². The number of carboxylic acid groups (broad SMARTS) is 1. The number of aliphatic carboxylic acids is 1. The van der Waals surface area contributed by atoms with Crippen molar-refractivity contribution in [2.45, 2.75) is 24.3 Å². The number of methoxy groups -OCH3 is 1. The minimum absolute atomic E-state index is 0.0103. The van der Waals surface area contributed by atoms with Crippen LogP contribution in [0.4, 0.5) is 5.69 Å². The van der Waals surface area contributed by atoms with E-state index in [0.717, 1.165) is 11.6 Å². The van der Waals surface area contributed by atoms with Gasteiger partial charge in [0.05, 0.1) is 12.8 Å². The van der Waals surface area contributed by atoms with Crippen LogP contribution in [0.1, 0.15) is 18.1 Å². The third-order valence-corrected chi connectivity index (χ3v) is 6.24. The number of anilines is 1. The fourth-order valence-electron chi connectivity index (χ4n) is 3.18. The molecule has 0 aromatic heterocycles. The van der Waals surface area contributed by atoms with Crippen molar-refractivity contribution in [3.05, 3.63) is 59.7 Å². The van der Waals surface area contributed by atoms with Crippen LogP contribution in [0, 0.1) is 0 Å². The summed E-state index contributed by atoms with van der Waals surface area (Å²) in [6, 6.07) is 11.8. The first kappa shape index (κ1) is 18.0. The molecule has 0 fully saturated rings. The Bertz CT molecular complexity index is 981. The summed E-state index contributed by atoms with van der Waals surface area (Å²) < 4.78 is 33.4. The number of hydrogen-bond acceptors (Lipinski definition) is 4. The summed E-state index contributed by atoms with van der Waals surface area (Å²) in [4.78, 5) is 10.7. The van der Waals surface area contributed by atoms with Crippen molar-refractivity contribution in [3.8, 4) is 5.75 Å². The Balaban J connectivity index is 2.12. The summed E-state index contributed by atoms with van der Waals surface area (Å²) in [5, 5.41) is 8.78. The zero-order valence-corrected chi connectivity index (χ0v) is 15.2. The van der Waals surface area contributed by atoms with Crippen LogP contribution in [-0.2, 0) is 21.2 Å². The van der Waals surface area contributed by atoms with Gasteiger partial charge in [0.15, 0.2) is 0 Å². The minimum atomic E-state index is -3.88. The summed E-state index contributed by atoms with van der Waals surface area (Å²) in [6.45, 7) is 1.86. The predicted octanol–water partition coefficient (Wildman–Crippen LogP) is 2.93. The zero-order chi connectivity index (χ0) is 18.9. The van der Waals surface area contributed by atoms with Gasteiger partial charge in [0.1, 0.15) is 10.6 Å². The van der Waals surface area contributed by atoms with Crippen molar-refractivity contribution in [2.24, 2.45) is 0 Å². The molecule has 0 unspecified atom stereocenters. The van der Waals surface area contributed by atoms with E-state index < -0.39 is 16.0 Å². The second-order valence-corrected chi connectivity index (χ2v) is 7.85. The molecule has 0 aliphatic carbocycles. The molecule has 1 heterocycles. The fraction of sp³-hybridized carbons (Fsp3) is 0.211. The summed E-state index contributed by atoms with van der Waals surface area (Å²) >= 11 is 0. The quantitative estimate of drug-likeness (QED) is 0.815. The normalized spacial score (nSPS) is 16.7. The maximum Gasteiger partial charge on any atom is 0.328 e. The Labute approximate surface area is 152 Å². The molecule has 6 nitrogen and oxygen atoms in total. The molecular weight excluding hydrogens is 354 g/mol. The van der Waals surface area contributed by atoms with Crippen molar-refractivity contribution >= 4 is 27.8 Å². The van der Waals surface area contributed by atoms with Gasteiger partial charge in [-0.2, -0.15) is 0 Å². The number of sulfonamides is 1. The standard InChI is InChI=1S/C19H19NO5S/c1-13-11-15-5-3-4-6-16(15)20(13)26(23,24)18-12-14(8-10-19(21)22)7-9-17(18)25-2/h3-10,12-13H,11H2,1-2H3,(H,21,22)/b10-8+/t13-/m0/s1. The molecule has 1 aliphatic rings. The number of hydrogen-bond donors (Lipinski definition) is 1. The van der Waals surface area contributed by atoms with Gasteiger partial charge in [0.2, 0.25) is 0 Å². The van der Waals surface area contributed by atoms with Crippen LogP contribution < -0.4 is 9.04 Å². The van der Waals surface area contributed by atoms with Crippen molar-refractivity contribution < 1.29 is 23.1 Å². The lowest BCUT2D eigenvalue weighted by molar-refractivity contribution is -0.131. The second kappa shape index (κ2) is 6.84. The largest absolute Gasteiger partial charge is 0.495 e. The van der Waals surface area contributed by atoms with Crippen LogP contribution >= 0.6 is 0 Å². The molecule has 0 saturated carbocycles. The summed E-state index contributed by atoms with van der Waals surface area (Å²) in [6.07, 6.45) is 2.95. The first-order valence-electron chi connectivity index (χ1n) is 8.06. The van der Waals surface area contributed by atoms with Crippen molar-refractivity contribution in [1.82, 2.24) is 0 Å². The van der Waals surface area contributed by atoms with E-state index >= 15 is 0 Å². The number of carboxylic acids is 1. The van der Waals surface area contributed by atoms with E-state index in [1.54, 1.807) is 12.1 Å². The van der Waals surface area contributed by atoms with Gasteiger partial charge in [0.25, 0.3) is 10.0 Å². The molecule has 136 valence electrons. The van der Waals surface area contributed by atoms with E-state index in [9.17, 15) is 13.2 Å². The Morgan fingerprint density at radius 2 is 2.00 bits per heavy atom. The van der Waals surface area contributed by atoms with E-state index in [1.807, 2.05) is 25.1 Å². The first-order chi connectivity index (χ1) is 12.3. The summed E-state index contributed by atoms with van der Waals surface area (Å²) in [7, 11) is -2.47. The van der Waals surface area contributed by atoms with Crippen LogP contribution in [-0.4, -0.2) is 32.6 Å². The second-order valence-electron chi connectivity index (χ2n) is 6.06. The first-order valence-corrected chi connectivity index (χ1v) is 9.50. The highest BCUT2D eigenvalue weighted by Gasteiger charge is 2.37. The van der Waals surface area contributed by atoms with E-state index in [0.29, 0.717) is 17.7 Å². The van der Waals surface area contributed by atoms with E-state index in [-0.39, 0.29) is 16.7 Å². The Hall–Kier alpha value is -2.80. The number of benzene rings is 2. The van der Waals surface area contributed by atoms with Gasteiger partial charge in [-0.05, 0) is 48.7 Å². The van der Waals surface area contributed by atoms with Crippen LogP contribution in [0.15, 0.2) is 53.4 Å². The molecule has 26 heavy (non-hydrogen) atoms. The van der Waals surface area contributed by atoms with Crippen LogP contribution in [0.5, 0.6) is 5.75 Å². The highest BCUT2D eigenvalue weighted by Crippen LogP contribution is 2.39. The van der Waals surface area contributed by atoms with Crippen molar-refractivity contribution in [3.63, 3.8) is 0 Å². The van der Waals surface area contributed by atoms with Gasteiger partial charge >= 0.3 is 5.97 Å². The fourth-order valence-corrected chi connectivity index (χ4v) is 5.06. The van der Waals surface area contributed by atoms with Crippen LogP contribution in [0.3, 0.4) is 0 Å². The SMILES string of the molecule is COc1ccc(/C=C/C(=O)O)cc1S(=O)(=O)N1c2ccccc2C[C@@H]1C. The van der Waals surface area contributed by atoms with Crippen LogP contribution in [0.25, 0.3) is 6.08 Å². The Morgan fingerprint density at radius 3 is 2.69 bits per heavy atom. The van der Waals surface area contributed by atoms with Gasteiger partial charge in [-0.3, -0.25) is 4.31 Å². The van der Waals surface area contributed by atoms with Gasteiger partial charge < -0.3 is 9.84 Å². The van der Waals surface area contributed by atoms with E-state index in [2.05, 4.69) is 0 Å². The molecule has 1 aliphatic heterocycles. The third-order valence-electron chi connectivity index (χ3n) is 4.29. The average Bonchev–Trinajstić information content (AvgIpc) is 2.96. The molecule has 0 bridgehead atoms. The van der Waals surface area contributed by atoms with E-state index in [1.165, 1.54) is 29.6 Å². The minimum Gasteiger partial charge on any atom is -0.495 e. The van der Waals surface area contributed by atoms with Crippen LogP contribution in [0.2, 0.25) is 0 Å². The number of ether oxygens (including phenoxy) is 1. The maximum absolute atomic E-state index is 13.4. The Morgan fingerprint density at radius 1 is 1.27 bits per heavy atom. The average molecular weight is 373 g/mol. The number of rotatable bonds is 5. The van der Waals surface area contributed by atoms with Gasteiger partial charge in [-0.25, -0.2) is 13.2 Å². The molecule has 3 rings (SSSR count). The topological polar surface area (TPSA) is 83.9 Å². The molecule has 2 aromatic carbocycles. The lowest BCUT2D eigenvalue weighted by Crippen LogP contribution is -2.36. The molecule has 1 atom stereocenters. The maximum atomic E-state index is 13.4. The van der Waals surface area contributed by atoms with Crippen molar-refractivity contribution in [1.29, 1.82) is 0 Å². The highest BCUT2D eigenvalue weighted by molar-refractivity contribution is 7.93. The Kier molecular flexibility index (Phi) is 4.73. The van der Waals surface area contributed by atoms with Gasteiger partial charge in [-0.15, -0.1) is 0 Å². The molecule has 0 saturated heterocycles. The molecule has 2 aromatic rings. The number of para-hydroxylation sites is 1. The lowest BCUT2D eigenvalue weighted by Gasteiger charge is -2.25. The molecule has 0 spiro atoms.